The highest BCUT2D eigenvalue weighted by atomic mass is 14.4. The van der Waals surface area contributed by atoms with Crippen LogP contribution in [0.15, 0.2) is 92.0 Å². The van der Waals surface area contributed by atoms with Gasteiger partial charge in [0, 0.05) is 0 Å². The molecule has 0 saturated carbocycles. The van der Waals surface area contributed by atoms with Gasteiger partial charge >= 0.3 is 0 Å². The number of aryl methyl sites for hydroxylation is 1. The normalized spacial score (nSPS) is 15.8. The molecule has 4 aromatic carbocycles. The number of rotatable bonds is 3. The van der Waals surface area contributed by atoms with Crippen LogP contribution in [0, 0.1) is 6.92 Å². The lowest BCUT2D eigenvalue weighted by Crippen LogP contribution is -2.33. The minimum absolute atomic E-state index is 0.228. The van der Waals surface area contributed by atoms with Gasteiger partial charge in [-0.2, -0.15) is 0 Å². The fourth-order valence-corrected chi connectivity index (χ4v) is 5.37. The van der Waals surface area contributed by atoms with E-state index >= 15 is 0 Å². The molecule has 0 aromatic heterocycles. The van der Waals surface area contributed by atoms with Gasteiger partial charge in [-0.15, -0.1) is 13.2 Å². The topological polar surface area (TPSA) is 0 Å². The van der Waals surface area contributed by atoms with E-state index < -0.39 is 0 Å². The smallest absolute Gasteiger partial charge is 0.00194 e. The second-order valence-electron chi connectivity index (χ2n) is 11.1. The maximum absolute atomic E-state index is 3.00. The summed E-state index contributed by atoms with van der Waals surface area (Å²) in [6.07, 6.45) is 3.44. The molecular formula is C34H38. The summed E-state index contributed by atoms with van der Waals surface area (Å²) in [6.45, 7) is 17.8. The zero-order valence-electron chi connectivity index (χ0n) is 21.5. The van der Waals surface area contributed by atoms with Crippen molar-refractivity contribution >= 4 is 10.8 Å². The summed E-state index contributed by atoms with van der Waals surface area (Å²) in [6, 6.07) is 29.7. The molecular weight excluding hydrogens is 408 g/mol. The third-order valence-electron chi connectivity index (χ3n) is 7.63. The molecule has 1 aliphatic carbocycles. The molecule has 0 unspecified atom stereocenters. The van der Waals surface area contributed by atoms with E-state index in [0.717, 1.165) is 6.42 Å². The van der Waals surface area contributed by atoms with Crippen LogP contribution in [0.2, 0.25) is 0 Å². The summed E-state index contributed by atoms with van der Waals surface area (Å²) in [5, 5.41) is 2.73. The molecule has 0 saturated heterocycles. The maximum atomic E-state index is 3.00. The fourth-order valence-electron chi connectivity index (χ4n) is 5.37. The van der Waals surface area contributed by atoms with Crippen LogP contribution in [0.4, 0.5) is 0 Å². The number of fused-ring (bicyclic) bond motifs is 2. The predicted molar refractivity (Wildman–Crippen MR) is 150 cm³/mol. The Kier molecular flexibility index (Phi) is 6.54. The highest BCUT2D eigenvalue weighted by Gasteiger charge is 2.37. The summed E-state index contributed by atoms with van der Waals surface area (Å²) in [5.41, 5.74) is 10.3. The van der Waals surface area contributed by atoms with Crippen LogP contribution in [-0.4, -0.2) is 0 Å². The highest BCUT2D eigenvalue weighted by Crippen LogP contribution is 2.47. The molecule has 0 nitrogen and oxygen atoms in total. The minimum atomic E-state index is 0.228. The summed E-state index contributed by atoms with van der Waals surface area (Å²) in [7, 11) is 0. The molecule has 1 aliphatic rings. The lowest BCUT2D eigenvalue weighted by molar-refractivity contribution is 0.332. The molecule has 34 heavy (non-hydrogen) atoms. The summed E-state index contributed by atoms with van der Waals surface area (Å²) >= 11 is 0. The van der Waals surface area contributed by atoms with E-state index in [1.54, 1.807) is 0 Å². The van der Waals surface area contributed by atoms with Crippen molar-refractivity contribution in [3.63, 3.8) is 0 Å². The first-order valence-electron chi connectivity index (χ1n) is 12.5. The van der Waals surface area contributed by atoms with Gasteiger partial charge in [0.05, 0.1) is 0 Å². The van der Waals surface area contributed by atoms with Gasteiger partial charge in [-0.3, -0.25) is 0 Å². The van der Waals surface area contributed by atoms with Gasteiger partial charge in [0.15, 0.2) is 0 Å². The summed E-state index contributed by atoms with van der Waals surface area (Å²) in [4.78, 5) is 0. The Labute approximate surface area is 206 Å². The van der Waals surface area contributed by atoms with E-state index in [4.69, 9.17) is 0 Å². The van der Waals surface area contributed by atoms with Gasteiger partial charge in [-0.05, 0) is 87.2 Å². The molecule has 0 amide bonds. The Balaban J connectivity index is 0.00000133. The average Bonchev–Trinajstić information content (AvgIpc) is 2.83. The van der Waals surface area contributed by atoms with Gasteiger partial charge in [0.25, 0.3) is 0 Å². The molecule has 5 rings (SSSR count). The van der Waals surface area contributed by atoms with Crippen LogP contribution in [0.1, 0.15) is 68.4 Å². The van der Waals surface area contributed by atoms with E-state index in [1.165, 1.54) is 62.6 Å². The molecule has 174 valence electrons. The molecule has 0 atom stereocenters. The molecule has 0 spiro atoms. The Morgan fingerprint density at radius 2 is 1.21 bits per heavy atom. The van der Waals surface area contributed by atoms with Crippen molar-refractivity contribution in [3.8, 4) is 11.1 Å². The number of hydrogen-bond donors (Lipinski definition) is 0. The van der Waals surface area contributed by atoms with Crippen molar-refractivity contribution in [3.05, 3.63) is 120 Å². The summed E-state index contributed by atoms with van der Waals surface area (Å²) < 4.78 is 0. The third-order valence-corrected chi connectivity index (χ3v) is 7.63. The Morgan fingerprint density at radius 1 is 0.676 bits per heavy atom. The van der Waals surface area contributed by atoms with Crippen LogP contribution in [0.3, 0.4) is 0 Å². The highest BCUT2D eigenvalue weighted by molar-refractivity contribution is 5.91. The summed E-state index contributed by atoms with van der Waals surface area (Å²) in [5.74, 6) is 0. The Morgan fingerprint density at radius 3 is 1.76 bits per heavy atom. The van der Waals surface area contributed by atoms with Gasteiger partial charge in [-0.1, -0.05) is 106 Å². The molecule has 0 heterocycles. The van der Waals surface area contributed by atoms with E-state index in [-0.39, 0.29) is 10.8 Å². The largest absolute Gasteiger partial charge is 0.106 e. The van der Waals surface area contributed by atoms with Crippen molar-refractivity contribution in [2.24, 2.45) is 0 Å². The monoisotopic (exact) mass is 446 g/mol. The second-order valence-corrected chi connectivity index (χ2v) is 11.1. The molecule has 4 aromatic rings. The maximum Gasteiger partial charge on any atom is -0.00194 e. The Bertz CT molecular complexity index is 1290. The van der Waals surface area contributed by atoms with Crippen molar-refractivity contribution in [1.82, 2.24) is 0 Å². The molecule has 0 bridgehead atoms. The Hall–Kier alpha value is -3.12. The molecule has 0 fully saturated rings. The number of hydrogen-bond acceptors (Lipinski definition) is 0. The molecule has 0 aliphatic heterocycles. The first-order valence-corrected chi connectivity index (χ1v) is 12.5. The second kappa shape index (κ2) is 9.26. The van der Waals surface area contributed by atoms with Crippen LogP contribution in [0.25, 0.3) is 21.9 Å². The lowest BCUT2D eigenvalue weighted by atomic mass is 9.62. The van der Waals surface area contributed by atoms with Crippen molar-refractivity contribution < 1.29 is 0 Å². The van der Waals surface area contributed by atoms with Crippen molar-refractivity contribution in [2.75, 3.05) is 0 Å². The average molecular weight is 447 g/mol. The standard InChI is InChI=1S/C32H34.C2H4/c1-22-11-13-24(14-12-22)28-19-26-21-30-29(31(2,3)15-16-32(30,4)5)20-25(26)18-27(28)17-23-9-7-6-8-10-23;1-2/h6-14,18-21H,15-17H2,1-5H3;1-2H2. The zero-order chi connectivity index (χ0) is 24.5. The molecule has 0 radical (unpaired) electrons. The van der Waals surface area contributed by atoms with Crippen molar-refractivity contribution in [1.29, 1.82) is 0 Å². The lowest BCUT2D eigenvalue weighted by Gasteiger charge is -2.42. The quantitative estimate of drug-likeness (QED) is 0.275. The fraction of sp³-hybridized carbons (Fsp3) is 0.294. The van der Waals surface area contributed by atoms with Crippen molar-refractivity contribution in [2.45, 2.75) is 64.7 Å². The third kappa shape index (κ3) is 4.60. The first-order chi connectivity index (χ1) is 16.2. The molecule has 0 heteroatoms. The molecule has 0 N–H and O–H groups in total. The van der Waals surface area contributed by atoms with Gasteiger partial charge < -0.3 is 0 Å². The van der Waals surface area contributed by atoms with Crippen LogP contribution >= 0.6 is 0 Å². The van der Waals surface area contributed by atoms with E-state index in [1.807, 2.05) is 0 Å². The predicted octanol–water partition coefficient (Wildman–Crippen LogP) is 9.56. The number of benzene rings is 4. The van der Waals surface area contributed by atoms with Crippen LogP contribution < -0.4 is 0 Å². The van der Waals surface area contributed by atoms with Gasteiger partial charge in [0.1, 0.15) is 0 Å². The SMILES string of the molecule is C=C.Cc1ccc(-c2cc3cc4c(cc3cc2Cc2ccccc2)C(C)(C)CCC4(C)C)cc1. The minimum Gasteiger partial charge on any atom is -0.106 e. The van der Waals surface area contributed by atoms with E-state index in [2.05, 4.69) is 127 Å². The van der Waals surface area contributed by atoms with E-state index in [9.17, 15) is 0 Å². The van der Waals surface area contributed by atoms with Crippen LogP contribution in [-0.2, 0) is 17.3 Å². The zero-order valence-corrected chi connectivity index (χ0v) is 21.5. The van der Waals surface area contributed by atoms with Crippen LogP contribution in [0.5, 0.6) is 0 Å². The van der Waals surface area contributed by atoms with E-state index in [0.29, 0.717) is 0 Å². The van der Waals surface area contributed by atoms with Gasteiger partial charge in [-0.25, -0.2) is 0 Å². The van der Waals surface area contributed by atoms with Gasteiger partial charge in [0.2, 0.25) is 0 Å². The first kappa shape index (κ1) is 24.0.